The molecule has 0 saturated carbocycles. The van der Waals surface area contributed by atoms with Crippen LogP contribution < -0.4 is 9.47 Å². The lowest BCUT2D eigenvalue weighted by Gasteiger charge is -2.35. The summed E-state index contributed by atoms with van der Waals surface area (Å²) < 4.78 is 13.5. The van der Waals surface area contributed by atoms with E-state index in [4.69, 9.17) is 24.8 Å². The van der Waals surface area contributed by atoms with E-state index in [1.807, 2.05) is 53.9 Å². The number of carbonyl (C=O) groups excluding carboxylic acids is 6. The predicted molar refractivity (Wildman–Crippen MR) is 461 cm³/mol. The highest BCUT2D eigenvalue weighted by molar-refractivity contribution is 8.00. The van der Waals surface area contributed by atoms with Crippen molar-refractivity contribution in [2.75, 3.05) is 38.8 Å². The van der Waals surface area contributed by atoms with Crippen LogP contribution in [0.2, 0.25) is 0 Å². The van der Waals surface area contributed by atoms with Crippen molar-refractivity contribution in [1.29, 1.82) is 0 Å². The van der Waals surface area contributed by atoms with Crippen molar-refractivity contribution >= 4 is 70.7 Å². The molecule has 10 aromatic carbocycles. The fourth-order valence-electron chi connectivity index (χ4n) is 12.9. The lowest BCUT2D eigenvalue weighted by atomic mass is 9.84. The van der Waals surface area contributed by atoms with E-state index in [9.17, 15) is 43.5 Å². The topological polar surface area (TPSA) is 248 Å². The van der Waals surface area contributed by atoms with Crippen molar-refractivity contribution in [3.63, 3.8) is 0 Å². The number of thioether (sulfide) groups is 2. The number of carbonyl (C=O) groups is 8. The lowest BCUT2D eigenvalue weighted by molar-refractivity contribution is -0.163. The van der Waals surface area contributed by atoms with Crippen LogP contribution in [0.3, 0.4) is 0 Å². The number of para-hydroxylation sites is 1. The third-order valence-electron chi connectivity index (χ3n) is 18.9. The Morgan fingerprint density at radius 2 is 0.617 bits per heavy atom. The molecular formula is C97H109NO15S2. The molecule has 0 spiro atoms. The second-order valence-corrected chi connectivity index (χ2v) is 29.7. The van der Waals surface area contributed by atoms with Gasteiger partial charge in [-0.15, -0.1) is 23.5 Å². The van der Waals surface area contributed by atoms with Crippen LogP contribution in [0.4, 0.5) is 0 Å². The van der Waals surface area contributed by atoms with Crippen LogP contribution in [0.15, 0.2) is 285 Å². The number of aromatic hydroxyl groups is 2. The van der Waals surface area contributed by atoms with Crippen LogP contribution in [-0.2, 0) is 38.2 Å². The predicted octanol–water partition coefficient (Wildman–Crippen LogP) is 21.7. The van der Waals surface area contributed by atoms with Crippen molar-refractivity contribution in [2.24, 2.45) is 0 Å². The van der Waals surface area contributed by atoms with Crippen molar-refractivity contribution in [3.05, 3.63) is 335 Å². The minimum absolute atomic E-state index is 0. The summed E-state index contributed by atoms with van der Waals surface area (Å²) in [5.74, 6) is 1.34. The first-order chi connectivity index (χ1) is 55.4. The molecule has 115 heavy (non-hydrogen) atoms. The van der Waals surface area contributed by atoms with Crippen molar-refractivity contribution in [3.8, 4) is 23.0 Å². The molecule has 18 heteroatoms. The Bertz CT molecular complexity index is 4120. The van der Waals surface area contributed by atoms with E-state index in [0.29, 0.717) is 73.8 Å². The molecule has 0 aliphatic carbocycles. The van der Waals surface area contributed by atoms with Crippen LogP contribution in [-0.4, -0.2) is 111 Å². The van der Waals surface area contributed by atoms with E-state index in [0.717, 1.165) is 81.7 Å². The smallest absolute Gasteiger partial charge is 0.313 e. The molecule has 1 heterocycles. The molecule has 0 atom stereocenters. The summed E-state index contributed by atoms with van der Waals surface area (Å²) >= 11 is 4.04. The SMILES string of the molecule is C.COc1ccc(C(=O)CCCC(=O)O)cc1.COc1ccccc1.O=C(CCCC(=O)N(CCCCCCSC(c1ccccc1)(c1ccccc1)c1ccccc1)CCCCCCSC(c1ccccc1)(c1ccccc1)c1ccccc1)c1ccc(O)cc1.O=C(O)CCCC(=O)c1ccc(O)cc1.O=C1CCCC(=O)O1. The van der Waals surface area contributed by atoms with Crippen LogP contribution in [0.5, 0.6) is 23.0 Å². The highest BCUT2D eigenvalue weighted by atomic mass is 32.2. The Balaban J connectivity index is 0.000000340. The molecule has 0 bridgehead atoms. The quantitative estimate of drug-likeness (QED) is 0.00919. The Hall–Kier alpha value is -11.3. The van der Waals surface area contributed by atoms with Gasteiger partial charge in [-0.25, -0.2) is 0 Å². The minimum atomic E-state index is -0.895. The molecule has 11 rings (SSSR count). The van der Waals surface area contributed by atoms with Crippen molar-refractivity contribution < 1.29 is 73.0 Å². The number of ether oxygens (including phenoxy) is 3. The number of Topliss-reactive ketones (excluding diaryl/α,β-unsaturated/α-hetero) is 3. The number of cyclic esters (lactones) is 2. The van der Waals surface area contributed by atoms with E-state index >= 15 is 0 Å². The maximum absolute atomic E-state index is 13.8. The number of unbranched alkanes of at least 4 members (excludes halogenated alkanes) is 6. The van der Waals surface area contributed by atoms with Gasteiger partial charge in [-0.3, -0.25) is 38.4 Å². The highest BCUT2D eigenvalue weighted by Crippen LogP contribution is 2.50. The molecule has 1 fully saturated rings. The van der Waals surface area contributed by atoms with Gasteiger partial charge < -0.3 is 39.5 Å². The molecule has 1 aliphatic rings. The number of benzene rings is 10. The average molecular weight is 1590 g/mol. The zero-order valence-electron chi connectivity index (χ0n) is 65.1. The molecule has 16 nitrogen and oxygen atoms in total. The molecular weight excluding hydrogens is 1480 g/mol. The summed E-state index contributed by atoms with van der Waals surface area (Å²) in [6, 6.07) is 94.2. The molecule has 4 N–H and O–H groups in total. The molecule has 10 aromatic rings. The van der Waals surface area contributed by atoms with Gasteiger partial charge in [-0.1, -0.05) is 233 Å². The van der Waals surface area contributed by atoms with Gasteiger partial charge in [0, 0.05) is 81.1 Å². The fraction of sp³-hybridized carbons (Fsp3) is 0.299. The number of carboxylic acid groups (broad SMARTS) is 2. The van der Waals surface area contributed by atoms with Gasteiger partial charge in [-0.2, -0.15) is 0 Å². The summed E-state index contributed by atoms with van der Waals surface area (Å²) in [5, 5.41) is 35.5. The normalized spacial score (nSPS) is 11.4. The number of aliphatic carboxylic acids is 2. The number of carboxylic acids is 2. The van der Waals surface area contributed by atoms with Gasteiger partial charge >= 0.3 is 23.9 Å². The van der Waals surface area contributed by atoms with E-state index in [1.165, 1.54) is 69.8 Å². The van der Waals surface area contributed by atoms with Crippen LogP contribution in [0.25, 0.3) is 0 Å². The van der Waals surface area contributed by atoms with Gasteiger partial charge in [0.25, 0.3) is 0 Å². The van der Waals surface area contributed by atoms with Gasteiger partial charge in [0.1, 0.15) is 23.0 Å². The number of hydrogen-bond donors (Lipinski definition) is 4. The number of amides is 1. The van der Waals surface area contributed by atoms with Crippen LogP contribution in [0.1, 0.15) is 200 Å². The first-order valence-corrected chi connectivity index (χ1v) is 40.9. The number of phenolic OH excluding ortho intramolecular Hbond substituents is 2. The Kier molecular flexibility index (Phi) is 41.9. The highest BCUT2D eigenvalue weighted by Gasteiger charge is 2.38. The maximum Gasteiger partial charge on any atom is 0.313 e. The molecule has 1 saturated heterocycles. The molecule has 0 radical (unpaired) electrons. The summed E-state index contributed by atoms with van der Waals surface area (Å²) in [4.78, 5) is 92.8. The van der Waals surface area contributed by atoms with Crippen LogP contribution in [0, 0.1) is 0 Å². The van der Waals surface area contributed by atoms with E-state index in [-0.39, 0.29) is 89.3 Å². The maximum atomic E-state index is 13.8. The largest absolute Gasteiger partial charge is 0.508 e. The molecule has 0 aromatic heterocycles. The van der Waals surface area contributed by atoms with Gasteiger partial charge in [0.15, 0.2) is 17.3 Å². The second-order valence-electron chi connectivity index (χ2n) is 27.1. The minimum Gasteiger partial charge on any atom is -0.508 e. The number of ketones is 3. The van der Waals surface area contributed by atoms with Gasteiger partial charge in [0.2, 0.25) is 5.91 Å². The van der Waals surface area contributed by atoms with E-state index < -0.39 is 11.9 Å². The number of esters is 2. The zero-order valence-corrected chi connectivity index (χ0v) is 66.8. The summed E-state index contributed by atoms with van der Waals surface area (Å²) in [6.07, 6.45) is 12.3. The molecule has 1 aliphatic heterocycles. The first kappa shape index (κ1) is 92.5. The third-order valence-corrected chi connectivity index (χ3v) is 22.1. The standard InChI is InChI=1S/C61H65NO3S2.C12H14O4.C11H12O4.C7H8O.C5H6O3.CH4/c63-57-44-42-50(43-45-57)58(64)40-27-41-59(65)62(46-23-1-3-25-48-66-60(51-28-11-5-12-29-51,52-30-13-6-14-31-52)53-32-15-7-16-33-53)47-24-2-4-26-49-67-61(54-34-17-8-18-35-54,55-36-19-9-20-37-55)56-38-21-10-22-39-56;1-16-10-7-5-9(6-8-10)11(13)3-2-4-12(14)15;12-9-6-4-8(5-7-9)10(13)2-1-3-11(14)15;1-8-7-5-3-2-4-6-7;6-4-2-1-3-5(7)8-4;/h5-22,28-39,42-45,63H,1-4,23-27,40-41,46-49H2;5-8H,2-4H2,1H3,(H,14,15);4-7,12H,1-3H2,(H,14,15);2-6H,1H3;1-3H2;1H4. The zero-order chi connectivity index (χ0) is 81.4. The summed E-state index contributed by atoms with van der Waals surface area (Å²) in [7, 11) is 3.22. The number of hydrogen-bond acceptors (Lipinski definition) is 15. The Labute approximate surface area is 686 Å². The van der Waals surface area contributed by atoms with Crippen molar-refractivity contribution in [1.82, 2.24) is 4.90 Å². The lowest BCUT2D eigenvalue weighted by Crippen LogP contribution is -2.33. The summed E-state index contributed by atoms with van der Waals surface area (Å²) in [6.45, 7) is 1.48. The molecule has 1 amide bonds. The number of rotatable bonds is 39. The van der Waals surface area contributed by atoms with Gasteiger partial charge in [-0.05, 0) is 181 Å². The molecule has 0 unspecified atom stereocenters. The average Bonchev–Trinajstić information content (AvgIpc) is 0.764. The Morgan fingerprint density at radius 1 is 0.348 bits per heavy atom. The van der Waals surface area contributed by atoms with Gasteiger partial charge in [0.05, 0.1) is 23.7 Å². The van der Waals surface area contributed by atoms with Crippen LogP contribution >= 0.6 is 23.5 Å². The Morgan fingerprint density at radius 3 is 0.887 bits per heavy atom. The number of phenols is 2. The first-order valence-electron chi connectivity index (χ1n) is 38.9. The number of methoxy groups -OCH3 is 2. The third kappa shape index (κ3) is 31.9. The van der Waals surface area contributed by atoms with Crippen molar-refractivity contribution in [2.45, 2.75) is 145 Å². The fourth-order valence-corrected chi connectivity index (χ4v) is 16.0. The number of nitrogens with zero attached hydrogens (tertiary/aromatic N) is 1. The summed E-state index contributed by atoms with van der Waals surface area (Å²) in [5.41, 5.74) is 9.38. The van der Waals surface area contributed by atoms with E-state index in [2.05, 4.69) is 192 Å². The molecule has 604 valence electrons. The van der Waals surface area contributed by atoms with E-state index in [1.54, 1.807) is 50.6 Å². The second kappa shape index (κ2) is 52.1. The monoisotopic (exact) mass is 1590 g/mol.